The van der Waals surface area contributed by atoms with Gasteiger partial charge in [0.25, 0.3) is 11.6 Å². The van der Waals surface area contributed by atoms with Gasteiger partial charge in [-0.1, -0.05) is 0 Å². The van der Waals surface area contributed by atoms with Crippen LogP contribution in [0, 0.1) is 20.6 Å². The van der Waals surface area contributed by atoms with Crippen molar-refractivity contribution in [2.24, 2.45) is 0 Å². The van der Waals surface area contributed by atoms with Gasteiger partial charge in [-0.2, -0.15) is 0 Å². The Hall–Kier alpha value is -1.55. The third-order valence-electron chi connectivity index (χ3n) is 2.84. The number of benzene rings is 1. The van der Waals surface area contributed by atoms with E-state index < -0.39 is 4.92 Å². The zero-order valence-corrected chi connectivity index (χ0v) is 14.3. The summed E-state index contributed by atoms with van der Waals surface area (Å²) < 4.78 is 0.543. The molecule has 1 aromatic carbocycles. The third-order valence-corrected chi connectivity index (χ3v) is 4.52. The molecule has 1 heterocycles. The average molecular weight is 417 g/mol. The first-order valence-electron chi connectivity index (χ1n) is 6.05. The molecule has 0 bridgehead atoms. The number of nitrogens with one attached hydrogen (secondary N) is 1. The van der Waals surface area contributed by atoms with Gasteiger partial charge in [-0.25, -0.2) is 4.98 Å². The highest BCUT2D eigenvalue weighted by atomic mass is 127. The summed E-state index contributed by atoms with van der Waals surface area (Å²) in [6.45, 7) is 3.76. The Morgan fingerprint density at radius 1 is 1.52 bits per heavy atom. The Kier molecular flexibility index (Phi) is 4.88. The number of hydrogen-bond acceptors (Lipinski definition) is 5. The fourth-order valence-corrected chi connectivity index (χ4v) is 3.18. The molecule has 0 spiro atoms. The molecule has 1 amide bonds. The number of nitro groups is 1. The van der Waals surface area contributed by atoms with E-state index >= 15 is 0 Å². The Balaban J connectivity index is 2.15. The van der Waals surface area contributed by atoms with Crippen molar-refractivity contribution in [2.45, 2.75) is 19.9 Å². The second-order valence-corrected chi connectivity index (χ2v) is 6.63. The van der Waals surface area contributed by atoms with E-state index in [4.69, 9.17) is 0 Å². The monoisotopic (exact) mass is 417 g/mol. The van der Waals surface area contributed by atoms with Gasteiger partial charge in [-0.3, -0.25) is 14.9 Å². The van der Waals surface area contributed by atoms with Crippen LogP contribution in [0.3, 0.4) is 0 Å². The van der Waals surface area contributed by atoms with E-state index in [1.54, 1.807) is 0 Å². The van der Waals surface area contributed by atoms with Crippen LogP contribution in [0.2, 0.25) is 0 Å². The highest BCUT2D eigenvalue weighted by molar-refractivity contribution is 14.1. The molecule has 6 nitrogen and oxygen atoms in total. The maximum Gasteiger partial charge on any atom is 0.270 e. The summed E-state index contributed by atoms with van der Waals surface area (Å²) in [5.74, 6) is -0.271. The molecule has 0 saturated carbocycles. The molecule has 1 N–H and O–H groups in total. The van der Waals surface area contributed by atoms with Gasteiger partial charge in [-0.15, -0.1) is 11.3 Å². The number of rotatable bonds is 4. The summed E-state index contributed by atoms with van der Waals surface area (Å²) in [4.78, 5) is 26.8. The summed E-state index contributed by atoms with van der Waals surface area (Å²) in [6, 6.07) is 3.96. The number of nitrogens with zero attached hydrogens (tertiary/aromatic N) is 2. The van der Waals surface area contributed by atoms with Crippen molar-refractivity contribution < 1.29 is 9.72 Å². The highest BCUT2D eigenvalue weighted by Crippen LogP contribution is 2.21. The average Bonchev–Trinajstić information content (AvgIpc) is 2.85. The van der Waals surface area contributed by atoms with Gasteiger partial charge in [0.2, 0.25) is 0 Å². The van der Waals surface area contributed by atoms with E-state index in [1.807, 2.05) is 41.8 Å². The summed E-state index contributed by atoms with van der Waals surface area (Å²) in [5.41, 5.74) is 1.20. The van der Waals surface area contributed by atoms with Gasteiger partial charge in [-0.05, 0) is 42.5 Å². The second-order valence-electron chi connectivity index (χ2n) is 4.41. The van der Waals surface area contributed by atoms with Crippen LogP contribution in [0.15, 0.2) is 23.6 Å². The molecule has 0 saturated heterocycles. The van der Waals surface area contributed by atoms with Crippen molar-refractivity contribution in [1.29, 1.82) is 0 Å². The third kappa shape index (κ3) is 3.76. The number of carbonyl (C=O) groups is 1. The number of aromatic nitrogens is 1. The predicted octanol–water partition coefficient (Wildman–Crippen LogP) is 3.46. The van der Waals surface area contributed by atoms with Crippen LogP contribution < -0.4 is 5.32 Å². The van der Waals surface area contributed by atoms with Crippen LogP contribution in [-0.2, 0) is 0 Å². The van der Waals surface area contributed by atoms with Gasteiger partial charge in [0.15, 0.2) is 0 Å². The molecular formula is C13H12IN3O3S. The maximum absolute atomic E-state index is 12.2. The summed E-state index contributed by atoms with van der Waals surface area (Å²) in [6.07, 6.45) is 0. The smallest absolute Gasteiger partial charge is 0.270 e. The molecule has 8 heteroatoms. The van der Waals surface area contributed by atoms with Crippen molar-refractivity contribution in [3.63, 3.8) is 0 Å². The van der Waals surface area contributed by atoms with Crippen LogP contribution >= 0.6 is 33.9 Å². The number of nitro benzene ring substituents is 1. The molecular weight excluding hydrogens is 405 g/mol. The molecule has 1 unspecified atom stereocenters. The fourth-order valence-electron chi connectivity index (χ4n) is 1.73. The lowest BCUT2D eigenvalue weighted by Crippen LogP contribution is -2.27. The molecule has 2 rings (SSSR count). The van der Waals surface area contributed by atoms with Gasteiger partial charge >= 0.3 is 0 Å². The lowest BCUT2D eigenvalue weighted by molar-refractivity contribution is -0.384. The first-order chi connectivity index (χ1) is 9.88. The van der Waals surface area contributed by atoms with E-state index in [0.717, 1.165) is 10.7 Å². The number of halogens is 1. The van der Waals surface area contributed by atoms with E-state index in [0.29, 0.717) is 9.13 Å². The number of non-ortho nitro benzene ring substituents is 1. The quantitative estimate of drug-likeness (QED) is 0.469. The van der Waals surface area contributed by atoms with Crippen LogP contribution in [0.25, 0.3) is 0 Å². The van der Waals surface area contributed by atoms with Gasteiger partial charge in [0, 0.05) is 21.1 Å². The number of thiazole rings is 1. The minimum Gasteiger partial charge on any atom is -0.344 e. The number of amides is 1. The SMILES string of the molecule is Cc1nc(C(C)NC(=O)c2ccc([N+](=O)[O-])cc2I)cs1. The topological polar surface area (TPSA) is 85.1 Å². The van der Waals surface area contributed by atoms with Gasteiger partial charge < -0.3 is 5.32 Å². The minimum atomic E-state index is -0.482. The van der Waals surface area contributed by atoms with E-state index in [2.05, 4.69) is 10.3 Å². The molecule has 21 heavy (non-hydrogen) atoms. The van der Waals surface area contributed by atoms with E-state index in [9.17, 15) is 14.9 Å². The Bertz CT molecular complexity index is 702. The second kappa shape index (κ2) is 6.48. The Morgan fingerprint density at radius 3 is 2.76 bits per heavy atom. The predicted molar refractivity (Wildman–Crippen MR) is 88.5 cm³/mol. The van der Waals surface area contributed by atoms with Crippen LogP contribution in [0.4, 0.5) is 5.69 Å². The Labute approximate surface area is 138 Å². The molecule has 1 aromatic heterocycles. The van der Waals surface area contributed by atoms with Gasteiger partial charge in [0.05, 0.1) is 27.2 Å². The molecule has 1 atom stereocenters. The molecule has 0 fully saturated rings. The molecule has 0 aliphatic rings. The molecule has 0 aliphatic carbocycles. The van der Waals surface area contributed by atoms with Crippen molar-refractivity contribution in [3.8, 4) is 0 Å². The van der Waals surface area contributed by atoms with Gasteiger partial charge in [0.1, 0.15) is 0 Å². The van der Waals surface area contributed by atoms with Crippen molar-refractivity contribution in [1.82, 2.24) is 10.3 Å². The van der Waals surface area contributed by atoms with Crippen molar-refractivity contribution in [3.05, 3.63) is 53.5 Å². The van der Waals surface area contributed by atoms with Crippen LogP contribution in [0.1, 0.15) is 34.0 Å². The van der Waals surface area contributed by atoms with Crippen molar-refractivity contribution >= 4 is 45.5 Å². The Morgan fingerprint density at radius 2 is 2.24 bits per heavy atom. The standard InChI is InChI=1S/C13H12IN3O3S/c1-7(12-6-21-8(2)16-12)15-13(18)10-4-3-9(17(19)20)5-11(10)14/h3-7H,1-2H3,(H,15,18). The minimum absolute atomic E-state index is 0.0286. The van der Waals surface area contributed by atoms with E-state index in [1.165, 1.54) is 29.5 Å². The molecule has 2 aromatic rings. The van der Waals surface area contributed by atoms with Crippen molar-refractivity contribution in [2.75, 3.05) is 0 Å². The highest BCUT2D eigenvalue weighted by Gasteiger charge is 2.17. The number of aryl methyl sites for hydroxylation is 1. The van der Waals surface area contributed by atoms with Crippen LogP contribution in [0.5, 0.6) is 0 Å². The normalized spacial score (nSPS) is 12.0. The molecule has 0 aliphatic heterocycles. The summed E-state index contributed by atoms with van der Waals surface area (Å²) in [5, 5.41) is 16.4. The number of carbonyl (C=O) groups excluding carboxylic acids is 1. The molecule has 110 valence electrons. The molecule has 0 radical (unpaired) electrons. The lowest BCUT2D eigenvalue weighted by Gasteiger charge is -2.12. The largest absolute Gasteiger partial charge is 0.344 e. The summed E-state index contributed by atoms with van der Waals surface area (Å²) in [7, 11) is 0. The zero-order chi connectivity index (χ0) is 15.6. The fraction of sp³-hybridized carbons (Fsp3) is 0.231. The first-order valence-corrected chi connectivity index (χ1v) is 8.01. The number of hydrogen-bond donors (Lipinski definition) is 1. The maximum atomic E-state index is 12.2. The zero-order valence-electron chi connectivity index (χ0n) is 11.3. The first kappa shape index (κ1) is 15.8. The van der Waals surface area contributed by atoms with Crippen LogP contribution in [-0.4, -0.2) is 15.8 Å². The lowest BCUT2D eigenvalue weighted by atomic mass is 10.1. The summed E-state index contributed by atoms with van der Waals surface area (Å²) >= 11 is 3.45. The van der Waals surface area contributed by atoms with E-state index in [-0.39, 0.29) is 17.6 Å².